The van der Waals surface area contributed by atoms with Crippen molar-refractivity contribution in [3.63, 3.8) is 0 Å². The molecule has 2 N–H and O–H groups in total. The molecule has 0 radical (unpaired) electrons. The SMILES string of the molecule is CCc1cc(CC)c(N)nn1. The van der Waals surface area contributed by atoms with Crippen molar-refractivity contribution in [1.29, 1.82) is 0 Å². The fourth-order valence-corrected chi connectivity index (χ4v) is 0.942. The van der Waals surface area contributed by atoms with Gasteiger partial charge in [-0.15, -0.1) is 5.10 Å². The monoisotopic (exact) mass is 151 g/mol. The topological polar surface area (TPSA) is 51.8 Å². The Hall–Kier alpha value is -1.12. The molecule has 0 aliphatic carbocycles. The lowest BCUT2D eigenvalue weighted by Gasteiger charge is -2.01. The van der Waals surface area contributed by atoms with Gasteiger partial charge >= 0.3 is 0 Å². The molecule has 0 aliphatic heterocycles. The van der Waals surface area contributed by atoms with E-state index in [1.807, 2.05) is 6.07 Å². The zero-order chi connectivity index (χ0) is 8.27. The molecule has 3 heteroatoms. The molecule has 0 amide bonds. The highest BCUT2D eigenvalue weighted by Crippen LogP contribution is 2.08. The number of hydrogen-bond acceptors (Lipinski definition) is 3. The third-order valence-corrected chi connectivity index (χ3v) is 1.70. The van der Waals surface area contributed by atoms with E-state index in [0.29, 0.717) is 5.82 Å². The maximum Gasteiger partial charge on any atom is 0.149 e. The minimum absolute atomic E-state index is 0.560. The summed E-state index contributed by atoms with van der Waals surface area (Å²) in [6, 6.07) is 2.02. The second-order valence-electron chi connectivity index (χ2n) is 2.45. The summed E-state index contributed by atoms with van der Waals surface area (Å²) in [4.78, 5) is 0. The molecule has 60 valence electrons. The summed E-state index contributed by atoms with van der Waals surface area (Å²) in [6.07, 6.45) is 1.84. The maximum atomic E-state index is 5.58. The molecular formula is C8H13N3. The second-order valence-corrected chi connectivity index (χ2v) is 2.45. The van der Waals surface area contributed by atoms with Gasteiger partial charge in [0.25, 0.3) is 0 Å². The predicted molar refractivity (Wildman–Crippen MR) is 45.2 cm³/mol. The van der Waals surface area contributed by atoms with Gasteiger partial charge in [0.15, 0.2) is 0 Å². The van der Waals surface area contributed by atoms with E-state index >= 15 is 0 Å². The number of aromatic nitrogens is 2. The highest BCUT2D eigenvalue weighted by molar-refractivity contribution is 5.38. The van der Waals surface area contributed by atoms with Gasteiger partial charge in [0.1, 0.15) is 5.82 Å². The molecule has 1 aromatic rings. The maximum absolute atomic E-state index is 5.58. The van der Waals surface area contributed by atoms with Crippen LogP contribution in [0.25, 0.3) is 0 Å². The molecule has 1 rings (SSSR count). The number of anilines is 1. The van der Waals surface area contributed by atoms with Crippen molar-refractivity contribution in [2.75, 3.05) is 5.73 Å². The quantitative estimate of drug-likeness (QED) is 0.690. The molecule has 0 bridgehead atoms. The van der Waals surface area contributed by atoms with Crippen LogP contribution in [0.4, 0.5) is 5.82 Å². The number of aryl methyl sites for hydroxylation is 2. The van der Waals surface area contributed by atoms with Crippen LogP contribution in [0, 0.1) is 0 Å². The van der Waals surface area contributed by atoms with Crippen molar-refractivity contribution in [2.24, 2.45) is 0 Å². The highest BCUT2D eigenvalue weighted by atomic mass is 15.1. The van der Waals surface area contributed by atoms with Gasteiger partial charge in [-0.2, -0.15) is 5.10 Å². The number of nitrogens with two attached hydrogens (primary N) is 1. The molecule has 0 spiro atoms. The Morgan fingerprint density at radius 1 is 1.27 bits per heavy atom. The van der Waals surface area contributed by atoms with E-state index in [0.717, 1.165) is 24.1 Å². The second kappa shape index (κ2) is 3.32. The van der Waals surface area contributed by atoms with E-state index in [1.54, 1.807) is 0 Å². The lowest BCUT2D eigenvalue weighted by molar-refractivity contribution is 0.904. The Morgan fingerprint density at radius 3 is 2.55 bits per heavy atom. The molecule has 0 saturated carbocycles. The Kier molecular flexibility index (Phi) is 2.41. The average molecular weight is 151 g/mol. The molecule has 11 heavy (non-hydrogen) atoms. The number of nitrogens with zero attached hydrogens (tertiary/aromatic N) is 2. The Morgan fingerprint density at radius 2 is 2.00 bits per heavy atom. The van der Waals surface area contributed by atoms with Gasteiger partial charge in [-0.25, -0.2) is 0 Å². The van der Waals surface area contributed by atoms with Crippen molar-refractivity contribution in [3.8, 4) is 0 Å². The van der Waals surface area contributed by atoms with Gasteiger partial charge in [-0.05, 0) is 24.5 Å². The van der Waals surface area contributed by atoms with Crippen LogP contribution in [-0.4, -0.2) is 10.2 Å². The van der Waals surface area contributed by atoms with Crippen LogP contribution in [0.15, 0.2) is 6.07 Å². The summed E-state index contributed by atoms with van der Waals surface area (Å²) in [5, 5.41) is 7.78. The van der Waals surface area contributed by atoms with Crippen LogP contribution in [-0.2, 0) is 12.8 Å². The average Bonchev–Trinajstić information content (AvgIpc) is 2.05. The molecule has 0 aromatic carbocycles. The van der Waals surface area contributed by atoms with Crippen LogP contribution in [0.5, 0.6) is 0 Å². The minimum Gasteiger partial charge on any atom is -0.382 e. The molecule has 0 atom stereocenters. The third kappa shape index (κ3) is 1.67. The van der Waals surface area contributed by atoms with E-state index in [9.17, 15) is 0 Å². The van der Waals surface area contributed by atoms with Crippen LogP contribution in [0.1, 0.15) is 25.1 Å². The first-order chi connectivity index (χ1) is 5.27. The first-order valence-corrected chi connectivity index (χ1v) is 3.88. The summed E-state index contributed by atoms with van der Waals surface area (Å²) in [5.74, 6) is 0.560. The molecule has 1 heterocycles. The Bertz CT molecular complexity index is 245. The summed E-state index contributed by atoms with van der Waals surface area (Å²) in [7, 11) is 0. The highest BCUT2D eigenvalue weighted by Gasteiger charge is 1.99. The molecule has 0 unspecified atom stereocenters. The van der Waals surface area contributed by atoms with E-state index < -0.39 is 0 Å². The van der Waals surface area contributed by atoms with Gasteiger partial charge in [0, 0.05) is 0 Å². The minimum atomic E-state index is 0.560. The van der Waals surface area contributed by atoms with E-state index in [-0.39, 0.29) is 0 Å². The molecule has 0 aliphatic rings. The van der Waals surface area contributed by atoms with Crippen LogP contribution >= 0.6 is 0 Å². The number of rotatable bonds is 2. The first kappa shape index (κ1) is 7.98. The Balaban J connectivity index is 3.02. The van der Waals surface area contributed by atoms with Crippen LogP contribution in [0.2, 0.25) is 0 Å². The van der Waals surface area contributed by atoms with E-state index in [2.05, 4.69) is 24.0 Å². The van der Waals surface area contributed by atoms with Crippen LogP contribution < -0.4 is 5.73 Å². The van der Waals surface area contributed by atoms with E-state index in [1.165, 1.54) is 0 Å². The number of nitrogen functional groups attached to an aromatic ring is 1. The molecular weight excluding hydrogens is 138 g/mol. The third-order valence-electron chi connectivity index (χ3n) is 1.70. The van der Waals surface area contributed by atoms with Gasteiger partial charge < -0.3 is 5.73 Å². The lowest BCUT2D eigenvalue weighted by atomic mass is 10.2. The zero-order valence-corrected chi connectivity index (χ0v) is 6.96. The molecule has 0 fully saturated rings. The summed E-state index contributed by atoms with van der Waals surface area (Å²) in [6.45, 7) is 4.12. The largest absolute Gasteiger partial charge is 0.382 e. The van der Waals surface area contributed by atoms with Gasteiger partial charge in [-0.1, -0.05) is 13.8 Å². The Labute approximate surface area is 66.6 Å². The van der Waals surface area contributed by atoms with Crippen molar-refractivity contribution in [3.05, 3.63) is 17.3 Å². The number of hydrogen-bond donors (Lipinski definition) is 1. The smallest absolute Gasteiger partial charge is 0.149 e. The van der Waals surface area contributed by atoms with Gasteiger partial charge in [-0.3, -0.25) is 0 Å². The van der Waals surface area contributed by atoms with Crippen molar-refractivity contribution >= 4 is 5.82 Å². The molecule has 0 saturated heterocycles. The van der Waals surface area contributed by atoms with Crippen LogP contribution in [0.3, 0.4) is 0 Å². The fourth-order valence-electron chi connectivity index (χ4n) is 0.942. The van der Waals surface area contributed by atoms with Gasteiger partial charge in [0.05, 0.1) is 5.69 Å². The van der Waals surface area contributed by atoms with Gasteiger partial charge in [0.2, 0.25) is 0 Å². The zero-order valence-electron chi connectivity index (χ0n) is 6.96. The standard InChI is InChI=1S/C8H13N3/c1-3-6-5-7(4-2)10-11-8(6)9/h5H,3-4H2,1-2H3,(H2,9,11). The summed E-state index contributed by atoms with van der Waals surface area (Å²) < 4.78 is 0. The molecule has 3 nitrogen and oxygen atoms in total. The van der Waals surface area contributed by atoms with Crippen molar-refractivity contribution < 1.29 is 0 Å². The summed E-state index contributed by atoms with van der Waals surface area (Å²) >= 11 is 0. The van der Waals surface area contributed by atoms with Crippen molar-refractivity contribution in [2.45, 2.75) is 26.7 Å². The normalized spacial score (nSPS) is 10.0. The predicted octanol–water partition coefficient (Wildman–Crippen LogP) is 1.18. The molecule has 1 aromatic heterocycles. The van der Waals surface area contributed by atoms with E-state index in [4.69, 9.17) is 5.73 Å². The fraction of sp³-hybridized carbons (Fsp3) is 0.500. The first-order valence-electron chi connectivity index (χ1n) is 3.88. The lowest BCUT2D eigenvalue weighted by Crippen LogP contribution is -2.01. The summed E-state index contributed by atoms with van der Waals surface area (Å²) in [5.41, 5.74) is 7.69. The van der Waals surface area contributed by atoms with Crippen molar-refractivity contribution in [1.82, 2.24) is 10.2 Å².